The molecule has 0 radical (unpaired) electrons. The van der Waals surface area contributed by atoms with Gasteiger partial charge in [-0.15, -0.1) is 0 Å². The maximum atomic E-state index is 5.27. The molecule has 1 aromatic heterocycles. The summed E-state index contributed by atoms with van der Waals surface area (Å²) < 4.78 is 10.3. The van der Waals surface area contributed by atoms with Gasteiger partial charge >= 0.3 is 0 Å². The lowest BCUT2D eigenvalue weighted by atomic mass is 10.3. The molecule has 102 valence electrons. The van der Waals surface area contributed by atoms with E-state index in [1.807, 2.05) is 20.0 Å². The van der Waals surface area contributed by atoms with E-state index in [2.05, 4.69) is 20.6 Å². The summed E-state index contributed by atoms with van der Waals surface area (Å²) in [5.41, 5.74) is 1.91. The van der Waals surface area contributed by atoms with Crippen LogP contribution in [0.3, 0.4) is 0 Å². The molecule has 1 aromatic rings. The van der Waals surface area contributed by atoms with Gasteiger partial charge in [0.05, 0.1) is 18.4 Å². The van der Waals surface area contributed by atoms with E-state index in [4.69, 9.17) is 9.47 Å². The summed E-state index contributed by atoms with van der Waals surface area (Å²) in [6, 6.07) is 1.96. The smallest absolute Gasteiger partial charge is 0.223 e. The van der Waals surface area contributed by atoms with Crippen molar-refractivity contribution in [3.8, 4) is 0 Å². The molecule has 0 aliphatic heterocycles. The quantitative estimate of drug-likeness (QED) is 0.707. The fourth-order valence-electron chi connectivity index (χ4n) is 1.59. The van der Waals surface area contributed by atoms with E-state index in [1.165, 1.54) is 0 Å². The molecule has 18 heavy (non-hydrogen) atoms. The van der Waals surface area contributed by atoms with E-state index in [-0.39, 0.29) is 6.10 Å². The summed E-state index contributed by atoms with van der Waals surface area (Å²) in [4.78, 5) is 8.74. The minimum Gasteiger partial charge on any atom is -0.382 e. The molecule has 1 rings (SSSR count). The van der Waals surface area contributed by atoms with Crippen molar-refractivity contribution in [3.63, 3.8) is 0 Å². The molecule has 0 saturated carbocycles. The molecule has 1 unspecified atom stereocenters. The number of aromatic nitrogens is 2. The summed E-state index contributed by atoms with van der Waals surface area (Å²) in [6.07, 6.45) is -0.00753. The van der Waals surface area contributed by atoms with Gasteiger partial charge in [-0.05, 0) is 20.0 Å². The minimum atomic E-state index is -0.00753. The SMILES string of the molecule is CNCc1cc(C)nc(NCC(COC)OC)n1. The number of rotatable bonds is 8. The third kappa shape index (κ3) is 4.95. The lowest BCUT2D eigenvalue weighted by molar-refractivity contribution is 0.0365. The van der Waals surface area contributed by atoms with Crippen molar-refractivity contribution in [2.45, 2.75) is 19.6 Å². The lowest BCUT2D eigenvalue weighted by Crippen LogP contribution is -2.27. The summed E-state index contributed by atoms with van der Waals surface area (Å²) in [5.74, 6) is 0.624. The fourth-order valence-corrected chi connectivity index (χ4v) is 1.59. The minimum absolute atomic E-state index is 0.00753. The molecule has 0 saturated heterocycles. The summed E-state index contributed by atoms with van der Waals surface area (Å²) in [6.45, 7) is 3.84. The zero-order chi connectivity index (χ0) is 13.4. The Morgan fingerprint density at radius 1 is 1.33 bits per heavy atom. The first-order valence-corrected chi connectivity index (χ1v) is 5.94. The van der Waals surface area contributed by atoms with Gasteiger partial charge in [0, 0.05) is 33.0 Å². The predicted molar refractivity (Wildman–Crippen MR) is 70.7 cm³/mol. The van der Waals surface area contributed by atoms with E-state index in [1.54, 1.807) is 14.2 Å². The molecule has 0 aliphatic rings. The zero-order valence-electron chi connectivity index (χ0n) is 11.5. The maximum Gasteiger partial charge on any atom is 0.223 e. The second kappa shape index (κ2) is 7.97. The van der Waals surface area contributed by atoms with Crippen molar-refractivity contribution >= 4 is 5.95 Å². The molecule has 0 aromatic carbocycles. The maximum absolute atomic E-state index is 5.27. The first kappa shape index (κ1) is 14.8. The summed E-state index contributed by atoms with van der Waals surface area (Å²) >= 11 is 0. The van der Waals surface area contributed by atoms with Crippen LogP contribution < -0.4 is 10.6 Å². The van der Waals surface area contributed by atoms with E-state index in [9.17, 15) is 0 Å². The van der Waals surface area contributed by atoms with E-state index >= 15 is 0 Å². The van der Waals surface area contributed by atoms with Crippen LogP contribution in [0.1, 0.15) is 11.4 Å². The number of ether oxygens (including phenoxy) is 2. The van der Waals surface area contributed by atoms with Crippen LogP contribution in [0.25, 0.3) is 0 Å². The molecule has 0 bridgehead atoms. The van der Waals surface area contributed by atoms with Crippen LogP contribution in [0.15, 0.2) is 6.07 Å². The highest BCUT2D eigenvalue weighted by Crippen LogP contribution is 2.05. The Bertz CT molecular complexity index is 360. The van der Waals surface area contributed by atoms with Gasteiger partial charge in [-0.2, -0.15) is 0 Å². The second-order valence-corrected chi connectivity index (χ2v) is 4.05. The Morgan fingerprint density at radius 2 is 2.11 bits per heavy atom. The van der Waals surface area contributed by atoms with Crippen molar-refractivity contribution in [1.29, 1.82) is 0 Å². The third-order valence-corrected chi connectivity index (χ3v) is 2.44. The fraction of sp³-hybridized carbons (Fsp3) is 0.667. The van der Waals surface area contributed by atoms with Crippen molar-refractivity contribution < 1.29 is 9.47 Å². The highest BCUT2D eigenvalue weighted by molar-refractivity contribution is 5.28. The molecule has 0 aliphatic carbocycles. The molecule has 1 atom stereocenters. The molecule has 0 fully saturated rings. The average Bonchev–Trinajstić information content (AvgIpc) is 2.34. The normalized spacial score (nSPS) is 12.4. The highest BCUT2D eigenvalue weighted by atomic mass is 16.5. The molecule has 0 amide bonds. The third-order valence-electron chi connectivity index (χ3n) is 2.44. The monoisotopic (exact) mass is 254 g/mol. The van der Waals surface area contributed by atoms with Gasteiger partial charge in [-0.1, -0.05) is 0 Å². The van der Waals surface area contributed by atoms with Gasteiger partial charge in [-0.25, -0.2) is 9.97 Å². The zero-order valence-corrected chi connectivity index (χ0v) is 11.5. The van der Waals surface area contributed by atoms with Crippen LogP contribution in [0.5, 0.6) is 0 Å². The van der Waals surface area contributed by atoms with Gasteiger partial charge in [0.2, 0.25) is 5.95 Å². The lowest BCUT2D eigenvalue weighted by Gasteiger charge is -2.15. The van der Waals surface area contributed by atoms with Crippen molar-refractivity contribution in [2.24, 2.45) is 0 Å². The Kier molecular flexibility index (Phi) is 6.56. The van der Waals surface area contributed by atoms with E-state index in [0.717, 1.165) is 17.9 Å². The van der Waals surface area contributed by atoms with E-state index < -0.39 is 0 Å². The molecular formula is C12H22N4O2. The van der Waals surface area contributed by atoms with Crippen LogP contribution in [0.2, 0.25) is 0 Å². The number of anilines is 1. The molecule has 1 heterocycles. The van der Waals surface area contributed by atoms with Gasteiger partial charge < -0.3 is 20.1 Å². The number of nitrogens with zero attached hydrogens (tertiary/aromatic N) is 2. The number of nitrogens with one attached hydrogen (secondary N) is 2. The molecule has 0 spiro atoms. The van der Waals surface area contributed by atoms with Crippen LogP contribution in [-0.2, 0) is 16.0 Å². The van der Waals surface area contributed by atoms with Crippen molar-refractivity contribution in [3.05, 3.63) is 17.5 Å². The summed E-state index contributed by atoms with van der Waals surface area (Å²) in [7, 11) is 5.21. The van der Waals surface area contributed by atoms with Crippen LogP contribution in [-0.4, -0.2) is 50.5 Å². The number of hydrogen-bond acceptors (Lipinski definition) is 6. The highest BCUT2D eigenvalue weighted by Gasteiger charge is 2.08. The van der Waals surface area contributed by atoms with E-state index in [0.29, 0.717) is 19.1 Å². The molecular weight excluding hydrogens is 232 g/mol. The Morgan fingerprint density at radius 3 is 2.72 bits per heavy atom. The predicted octanol–water partition coefficient (Wildman–Crippen LogP) is 0.578. The first-order valence-electron chi connectivity index (χ1n) is 5.94. The van der Waals surface area contributed by atoms with Gasteiger partial charge in [0.1, 0.15) is 0 Å². The van der Waals surface area contributed by atoms with Crippen LogP contribution in [0, 0.1) is 6.92 Å². The van der Waals surface area contributed by atoms with Gasteiger partial charge in [0.15, 0.2) is 0 Å². The van der Waals surface area contributed by atoms with Gasteiger partial charge in [0.25, 0.3) is 0 Å². The molecule has 2 N–H and O–H groups in total. The van der Waals surface area contributed by atoms with Crippen molar-refractivity contribution in [1.82, 2.24) is 15.3 Å². The first-order chi connectivity index (χ1) is 8.69. The van der Waals surface area contributed by atoms with Gasteiger partial charge in [-0.3, -0.25) is 0 Å². The standard InChI is InChI=1S/C12H22N4O2/c1-9-5-10(6-13-2)16-12(15-9)14-7-11(18-4)8-17-3/h5,11,13H,6-8H2,1-4H3,(H,14,15,16). The number of methoxy groups -OCH3 is 2. The topological polar surface area (TPSA) is 68.3 Å². The summed E-state index contributed by atoms with van der Waals surface area (Å²) in [5, 5.41) is 6.24. The number of aryl methyl sites for hydroxylation is 1. The van der Waals surface area contributed by atoms with Crippen molar-refractivity contribution in [2.75, 3.05) is 39.7 Å². The molecule has 6 nitrogen and oxygen atoms in total. The Labute approximate surface area is 108 Å². The number of hydrogen-bond donors (Lipinski definition) is 2. The average molecular weight is 254 g/mol. The largest absolute Gasteiger partial charge is 0.382 e. The van der Waals surface area contributed by atoms with Crippen LogP contribution in [0.4, 0.5) is 5.95 Å². The van der Waals surface area contributed by atoms with Crippen LogP contribution >= 0.6 is 0 Å². The Hall–Kier alpha value is -1.24. The second-order valence-electron chi connectivity index (χ2n) is 4.05. The molecule has 6 heteroatoms. The Balaban J connectivity index is 2.60.